The van der Waals surface area contributed by atoms with Gasteiger partial charge < -0.3 is 5.73 Å². The van der Waals surface area contributed by atoms with Gasteiger partial charge in [-0.25, -0.2) is 25.9 Å². The molecule has 0 unspecified atom stereocenters. The van der Waals surface area contributed by atoms with Crippen molar-refractivity contribution in [1.29, 1.82) is 0 Å². The molecule has 2 aromatic rings. The lowest BCUT2D eigenvalue weighted by Crippen LogP contribution is -2.19. The number of hydrogen-bond donors (Lipinski definition) is 3. The molecule has 0 bridgehead atoms. The molecule has 0 radical (unpaired) electrons. The van der Waals surface area contributed by atoms with Crippen LogP contribution < -0.4 is 14.8 Å². The number of nitrogens with zero attached hydrogens (tertiary/aromatic N) is 1. The largest absolute Gasteiger partial charge is 0.399 e. The Bertz CT molecular complexity index is 821. The van der Waals surface area contributed by atoms with E-state index in [2.05, 4.69) is 4.72 Å². The number of nitrogens with two attached hydrogens (primary N) is 1. The van der Waals surface area contributed by atoms with Crippen LogP contribution in [0.25, 0.3) is 0 Å². The average Bonchev–Trinajstić information content (AvgIpc) is 2.50. The minimum atomic E-state index is -3.57. The molecule has 7 nitrogen and oxygen atoms in total. The van der Waals surface area contributed by atoms with Crippen molar-refractivity contribution in [3.63, 3.8) is 0 Å². The Balaban J connectivity index is 2.44. The summed E-state index contributed by atoms with van der Waals surface area (Å²) in [6, 6.07) is 11.8. The molecule has 0 atom stereocenters. The molecule has 0 saturated heterocycles. The summed E-state index contributed by atoms with van der Waals surface area (Å²) in [6.45, 7) is 0. The van der Waals surface area contributed by atoms with Crippen LogP contribution in [0.2, 0.25) is 0 Å². The van der Waals surface area contributed by atoms with E-state index in [1.54, 1.807) is 24.3 Å². The van der Waals surface area contributed by atoms with Gasteiger partial charge in [-0.05, 0) is 55.6 Å². The normalized spacial score (nSPS) is 11.5. The molecule has 22 heavy (non-hydrogen) atoms. The fraction of sp³-hybridized carbons (Fsp3) is 0.0769. The van der Waals surface area contributed by atoms with E-state index in [-0.39, 0.29) is 4.90 Å². The topological polar surface area (TPSA) is 110 Å². The van der Waals surface area contributed by atoms with Crippen LogP contribution in [0.3, 0.4) is 0 Å². The van der Waals surface area contributed by atoms with Gasteiger partial charge in [-0.15, -0.1) is 0 Å². The first-order valence-corrected chi connectivity index (χ1v) is 8.80. The summed E-state index contributed by atoms with van der Waals surface area (Å²) < 4.78 is 49.6. The Kier molecular flexibility index (Phi) is 4.69. The van der Waals surface area contributed by atoms with Crippen molar-refractivity contribution in [3.05, 3.63) is 48.5 Å². The molecule has 0 aromatic heterocycles. The molecule has 2 rings (SSSR count). The molecule has 0 spiro atoms. The van der Waals surface area contributed by atoms with Crippen LogP contribution in [0, 0.1) is 0 Å². The summed E-state index contributed by atoms with van der Waals surface area (Å²) in [5, 5.41) is 0. The maximum atomic E-state index is 11.7. The summed E-state index contributed by atoms with van der Waals surface area (Å²) in [7, 11) is -5.20. The predicted molar refractivity (Wildman–Crippen MR) is 86.0 cm³/mol. The van der Waals surface area contributed by atoms with Gasteiger partial charge in [0, 0.05) is 5.69 Å². The molecule has 0 aliphatic carbocycles. The number of hydrogen-bond acceptors (Lipinski definition) is 5. The minimum absolute atomic E-state index is 0.0529. The van der Waals surface area contributed by atoms with Crippen LogP contribution in [-0.2, 0) is 20.9 Å². The number of sulfonamides is 1. The van der Waals surface area contributed by atoms with E-state index in [0.717, 1.165) is 4.31 Å². The maximum Gasteiger partial charge on any atom is 0.240 e. The highest BCUT2D eigenvalue weighted by atomic mass is 32.2. The minimum Gasteiger partial charge on any atom is -0.399 e. The maximum absolute atomic E-state index is 11.7. The number of rotatable bonds is 5. The smallest absolute Gasteiger partial charge is 0.240 e. The van der Waals surface area contributed by atoms with Crippen LogP contribution >= 0.6 is 0 Å². The van der Waals surface area contributed by atoms with Gasteiger partial charge in [-0.3, -0.25) is 0 Å². The quantitative estimate of drug-likeness (QED) is 0.551. The third kappa shape index (κ3) is 3.38. The van der Waals surface area contributed by atoms with Crippen LogP contribution in [0.1, 0.15) is 0 Å². The van der Waals surface area contributed by atoms with Crippen molar-refractivity contribution in [3.8, 4) is 0 Å². The molecular formula is C13H15N3O4S2. The Labute approximate surface area is 130 Å². The lowest BCUT2D eigenvalue weighted by Gasteiger charge is -2.18. The fourth-order valence-electron chi connectivity index (χ4n) is 1.84. The second-order valence-corrected chi connectivity index (χ2v) is 7.10. The van der Waals surface area contributed by atoms with Crippen molar-refractivity contribution >= 4 is 38.0 Å². The number of benzene rings is 2. The van der Waals surface area contributed by atoms with Gasteiger partial charge in [0.1, 0.15) is 0 Å². The van der Waals surface area contributed by atoms with E-state index in [1.165, 1.54) is 31.3 Å². The van der Waals surface area contributed by atoms with Crippen molar-refractivity contribution in [2.75, 3.05) is 17.1 Å². The summed E-state index contributed by atoms with van der Waals surface area (Å²) >= 11 is 0. The van der Waals surface area contributed by atoms with E-state index in [4.69, 9.17) is 5.73 Å². The van der Waals surface area contributed by atoms with Gasteiger partial charge in [0.2, 0.25) is 20.9 Å². The van der Waals surface area contributed by atoms with Crippen molar-refractivity contribution in [2.24, 2.45) is 0 Å². The third-order valence-electron chi connectivity index (χ3n) is 2.96. The van der Waals surface area contributed by atoms with Gasteiger partial charge >= 0.3 is 0 Å². The fourth-order valence-corrected chi connectivity index (χ4v) is 3.21. The molecule has 118 valence electrons. The summed E-state index contributed by atoms with van der Waals surface area (Å²) in [6.07, 6.45) is 0. The van der Waals surface area contributed by atoms with E-state index in [9.17, 15) is 16.8 Å². The molecule has 2 aromatic carbocycles. The van der Waals surface area contributed by atoms with Crippen molar-refractivity contribution in [2.45, 2.75) is 4.90 Å². The molecule has 0 aliphatic rings. The second-order valence-electron chi connectivity index (χ2n) is 4.34. The Morgan fingerprint density at radius 1 is 0.955 bits per heavy atom. The zero-order chi connectivity index (χ0) is 16.3. The predicted octanol–water partition coefficient (Wildman–Crippen LogP) is 0.841. The molecule has 9 heteroatoms. The number of anilines is 3. The first-order valence-electron chi connectivity index (χ1n) is 6.19. The van der Waals surface area contributed by atoms with Crippen LogP contribution in [-0.4, -0.2) is 23.9 Å². The number of thiol groups is 1. The monoisotopic (exact) mass is 341 g/mol. The first kappa shape index (κ1) is 16.3. The SMILES string of the molecule is CNS(=O)(=O)c1ccc(N(c2ccc(N)cc2)[SH](=O)=O)cc1. The van der Waals surface area contributed by atoms with Crippen LogP contribution in [0.15, 0.2) is 53.4 Å². The molecule has 3 N–H and O–H groups in total. The number of nitrogen functional groups attached to an aromatic ring is 1. The van der Waals surface area contributed by atoms with Gasteiger partial charge in [-0.1, -0.05) is 0 Å². The summed E-state index contributed by atoms with van der Waals surface area (Å²) in [5.74, 6) is 0. The molecule has 0 fully saturated rings. The average molecular weight is 341 g/mol. The Morgan fingerprint density at radius 2 is 1.41 bits per heavy atom. The molecule has 0 aliphatic heterocycles. The van der Waals surface area contributed by atoms with Crippen LogP contribution in [0.5, 0.6) is 0 Å². The summed E-state index contributed by atoms with van der Waals surface area (Å²) in [4.78, 5) is 0.0529. The second kappa shape index (κ2) is 6.34. The molecule has 0 heterocycles. The van der Waals surface area contributed by atoms with Crippen LogP contribution in [0.4, 0.5) is 17.1 Å². The molecule has 0 saturated carbocycles. The number of nitrogens with one attached hydrogen (secondary N) is 1. The highest BCUT2D eigenvalue weighted by Crippen LogP contribution is 2.27. The van der Waals surface area contributed by atoms with Crippen molar-refractivity contribution < 1.29 is 16.8 Å². The van der Waals surface area contributed by atoms with Gasteiger partial charge in [0.05, 0.1) is 16.3 Å². The highest BCUT2D eigenvalue weighted by molar-refractivity contribution is 7.89. The lowest BCUT2D eigenvalue weighted by molar-refractivity contribution is 0.588. The Hall–Kier alpha value is -2.10. The zero-order valence-corrected chi connectivity index (χ0v) is 13.3. The lowest BCUT2D eigenvalue weighted by atomic mass is 10.2. The Morgan fingerprint density at radius 3 is 1.82 bits per heavy atom. The third-order valence-corrected chi connectivity index (χ3v) is 5.18. The van der Waals surface area contributed by atoms with E-state index >= 15 is 0 Å². The van der Waals surface area contributed by atoms with Crippen molar-refractivity contribution in [1.82, 2.24) is 4.72 Å². The summed E-state index contributed by atoms with van der Waals surface area (Å²) in [5.41, 5.74) is 6.84. The first-order chi connectivity index (χ1) is 10.3. The van der Waals surface area contributed by atoms with Gasteiger partial charge in [-0.2, -0.15) is 0 Å². The zero-order valence-electron chi connectivity index (χ0n) is 11.6. The van der Waals surface area contributed by atoms with E-state index < -0.39 is 20.9 Å². The van der Waals surface area contributed by atoms with E-state index in [0.29, 0.717) is 17.1 Å². The standard InChI is InChI=1S/C13H15N3O4S2/c1-15-22(19,20)13-8-6-12(7-9-13)16(21(17)18)11-4-2-10(14)3-5-11/h2-9,15,21H,14H2,1H3. The molecule has 0 amide bonds. The van der Waals surface area contributed by atoms with Gasteiger partial charge in [0.25, 0.3) is 0 Å². The highest BCUT2D eigenvalue weighted by Gasteiger charge is 2.15. The van der Waals surface area contributed by atoms with E-state index in [1.807, 2.05) is 0 Å². The van der Waals surface area contributed by atoms with Gasteiger partial charge in [0.15, 0.2) is 0 Å². The molecular weight excluding hydrogens is 326 g/mol.